The SMILES string of the molecule is CC(C)C1CCC(C)(C#N)C(C)C1. The van der Waals surface area contributed by atoms with Crippen molar-refractivity contribution in [1.29, 1.82) is 5.26 Å². The number of hydrogen-bond acceptors (Lipinski definition) is 1. The summed E-state index contributed by atoms with van der Waals surface area (Å²) in [5.74, 6) is 2.20. The molecule has 3 unspecified atom stereocenters. The topological polar surface area (TPSA) is 23.8 Å². The van der Waals surface area contributed by atoms with Crippen LogP contribution in [0.2, 0.25) is 0 Å². The van der Waals surface area contributed by atoms with Crippen LogP contribution in [0.5, 0.6) is 0 Å². The Labute approximate surface area is 82.1 Å². The van der Waals surface area contributed by atoms with Crippen LogP contribution in [0.3, 0.4) is 0 Å². The molecule has 0 aromatic rings. The van der Waals surface area contributed by atoms with Crippen LogP contribution in [0.25, 0.3) is 0 Å². The summed E-state index contributed by atoms with van der Waals surface area (Å²) in [4.78, 5) is 0. The van der Waals surface area contributed by atoms with Crippen molar-refractivity contribution in [2.45, 2.75) is 47.0 Å². The van der Waals surface area contributed by atoms with E-state index >= 15 is 0 Å². The minimum absolute atomic E-state index is 0.0502. The third-order valence-electron chi connectivity index (χ3n) is 3.98. The van der Waals surface area contributed by atoms with Crippen LogP contribution in [0.4, 0.5) is 0 Å². The highest BCUT2D eigenvalue weighted by Gasteiger charge is 2.38. The Morgan fingerprint density at radius 1 is 1.46 bits per heavy atom. The second-order valence-electron chi connectivity index (χ2n) is 5.21. The predicted molar refractivity (Wildman–Crippen MR) is 55.1 cm³/mol. The smallest absolute Gasteiger partial charge is 0.0689 e. The summed E-state index contributed by atoms with van der Waals surface area (Å²) < 4.78 is 0. The fourth-order valence-corrected chi connectivity index (χ4v) is 2.34. The predicted octanol–water partition coefficient (Wildman–Crippen LogP) is 3.61. The second kappa shape index (κ2) is 3.70. The second-order valence-corrected chi connectivity index (χ2v) is 5.21. The Morgan fingerprint density at radius 3 is 2.46 bits per heavy atom. The fourth-order valence-electron chi connectivity index (χ4n) is 2.34. The van der Waals surface area contributed by atoms with Gasteiger partial charge in [0.15, 0.2) is 0 Å². The van der Waals surface area contributed by atoms with Crippen molar-refractivity contribution in [2.75, 3.05) is 0 Å². The maximum atomic E-state index is 9.10. The van der Waals surface area contributed by atoms with Gasteiger partial charge in [0.25, 0.3) is 0 Å². The lowest BCUT2D eigenvalue weighted by Crippen LogP contribution is -2.32. The summed E-state index contributed by atoms with van der Waals surface area (Å²) in [5.41, 5.74) is -0.0502. The van der Waals surface area contributed by atoms with Crippen molar-refractivity contribution >= 4 is 0 Å². The Bertz CT molecular complexity index is 214. The van der Waals surface area contributed by atoms with Gasteiger partial charge in [0.2, 0.25) is 0 Å². The average Bonchev–Trinajstić information content (AvgIpc) is 2.09. The van der Waals surface area contributed by atoms with E-state index in [1.165, 1.54) is 12.8 Å². The third-order valence-corrected chi connectivity index (χ3v) is 3.98. The lowest BCUT2D eigenvalue weighted by molar-refractivity contribution is 0.121. The van der Waals surface area contributed by atoms with E-state index in [1.54, 1.807) is 0 Å². The van der Waals surface area contributed by atoms with Crippen LogP contribution in [-0.4, -0.2) is 0 Å². The molecule has 0 aliphatic heterocycles. The number of nitriles is 1. The van der Waals surface area contributed by atoms with E-state index in [1.807, 2.05) is 0 Å². The number of hydrogen-bond donors (Lipinski definition) is 0. The van der Waals surface area contributed by atoms with Gasteiger partial charge in [-0.05, 0) is 43.9 Å². The zero-order valence-electron chi connectivity index (χ0n) is 9.30. The summed E-state index contributed by atoms with van der Waals surface area (Å²) >= 11 is 0. The van der Waals surface area contributed by atoms with E-state index in [0.717, 1.165) is 18.3 Å². The van der Waals surface area contributed by atoms with Crippen molar-refractivity contribution in [2.24, 2.45) is 23.2 Å². The summed E-state index contributed by atoms with van der Waals surface area (Å²) in [6.07, 6.45) is 3.57. The molecule has 0 aromatic carbocycles. The Kier molecular flexibility index (Phi) is 3.01. The molecule has 1 rings (SSSR count). The van der Waals surface area contributed by atoms with Crippen LogP contribution in [0.1, 0.15) is 47.0 Å². The largest absolute Gasteiger partial charge is 0.198 e. The lowest BCUT2D eigenvalue weighted by Gasteiger charge is -2.39. The average molecular weight is 179 g/mol. The van der Waals surface area contributed by atoms with Crippen molar-refractivity contribution in [1.82, 2.24) is 0 Å². The van der Waals surface area contributed by atoms with E-state index < -0.39 is 0 Å². The summed E-state index contributed by atoms with van der Waals surface area (Å²) in [6.45, 7) is 8.95. The molecule has 0 radical (unpaired) electrons. The molecule has 1 saturated carbocycles. The minimum atomic E-state index is -0.0502. The molecule has 1 heteroatoms. The third kappa shape index (κ3) is 2.05. The fraction of sp³-hybridized carbons (Fsp3) is 0.917. The zero-order chi connectivity index (χ0) is 10.1. The molecule has 1 fully saturated rings. The van der Waals surface area contributed by atoms with Crippen LogP contribution in [-0.2, 0) is 0 Å². The van der Waals surface area contributed by atoms with Gasteiger partial charge in [0, 0.05) is 0 Å². The number of rotatable bonds is 1. The first kappa shape index (κ1) is 10.6. The zero-order valence-corrected chi connectivity index (χ0v) is 9.30. The first-order chi connectivity index (χ1) is 5.99. The normalized spacial score (nSPS) is 40.3. The highest BCUT2D eigenvalue weighted by molar-refractivity contribution is 5.02. The van der Waals surface area contributed by atoms with E-state index in [4.69, 9.17) is 5.26 Å². The molecule has 0 amide bonds. The van der Waals surface area contributed by atoms with E-state index in [2.05, 4.69) is 33.8 Å². The van der Waals surface area contributed by atoms with Gasteiger partial charge in [-0.1, -0.05) is 20.8 Å². The maximum absolute atomic E-state index is 9.10. The molecule has 0 N–H and O–H groups in total. The van der Waals surface area contributed by atoms with Gasteiger partial charge in [0.05, 0.1) is 11.5 Å². The van der Waals surface area contributed by atoms with E-state index in [9.17, 15) is 0 Å². The molecule has 0 heterocycles. The number of nitrogens with zero attached hydrogens (tertiary/aromatic N) is 1. The van der Waals surface area contributed by atoms with Crippen molar-refractivity contribution in [3.63, 3.8) is 0 Å². The van der Waals surface area contributed by atoms with Crippen LogP contribution >= 0.6 is 0 Å². The van der Waals surface area contributed by atoms with Gasteiger partial charge in [-0.3, -0.25) is 0 Å². The van der Waals surface area contributed by atoms with Gasteiger partial charge in [0.1, 0.15) is 0 Å². The molecule has 0 spiro atoms. The quantitative estimate of drug-likeness (QED) is 0.603. The Balaban J connectivity index is 2.63. The van der Waals surface area contributed by atoms with Gasteiger partial charge >= 0.3 is 0 Å². The monoisotopic (exact) mass is 179 g/mol. The van der Waals surface area contributed by atoms with Crippen molar-refractivity contribution in [3.05, 3.63) is 0 Å². The maximum Gasteiger partial charge on any atom is 0.0689 e. The lowest BCUT2D eigenvalue weighted by atomic mass is 9.64. The molecule has 74 valence electrons. The Hall–Kier alpha value is -0.510. The molecule has 3 atom stereocenters. The van der Waals surface area contributed by atoms with Crippen LogP contribution in [0, 0.1) is 34.5 Å². The van der Waals surface area contributed by atoms with E-state index in [0.29, 0.717) is 5.92 Å². The first-order valence-corrected chi connectivity index (χ1v) is 5.41. The summed E-state index contributed by atoms with van der Waals surface area (Å²) in [5, 5.41) is 9.10. The molecule has 1 nitrogen and oxygen atoms in total. The summed E-state index contributed by atoms with van der Waals surface area (Å²) in [6, 6.07) is 2.49. The van der Waals surface area contributed by atoms with Gasteiger partial charge < -0.3 is 0 Å². The molecule has 1 aliphatic rings. The molecule has 0 aromatic heterocycles. The van der Waals surface area contributed by atoms with Crippen molar-refractivity contribution in [3.8, 4) is 6.07 Å². The highest BCUT2D eigenvalue weighted by atomic mass is 14.4. The van der Waals surface area contributed by atoms with Crippen LogP contribution < -0.4 is 0 Å². The van der Waals surface area contributed by atoms with Crippen molar-refractivity contribution < 1.29 is 0 Å². The molecule has 1 aliphatic carbocycles. The standard InChI is InChI=1S/C12H21N/c1-9(2)11-5-6-12(4,8-13)10(3)7-11/h9-11H,5-7H2,1-4H3. The highest BCUT2D eigenvalue weighted by Crippen LogP contribution is 2.44. The Morgan fingerprint density at radius 2 is 2.08 bits per heavy atom. The summed E-state index contributed by atoms with van der Waals surface area (Å²) in [7, 11) is 0. The molecular formula is C12H21N. The van der Waals surface area contributed by atoms with Gasteiger partial charge in [-0.15, -0.1) is 0 Å². The molecular weight excluding hydrogens is 158 g/mol. The van der Waals surface area contributed by atoms with Gasteiger partial charge in [-0.25, -0.2) is 0 Å². The first-order valence-electron chi connectivity index (χ1n) is 5.41. The minimum Gasteiger partial charge on any atom is -0.198 e. The molecule has 0 bridgehead atoms. The van der Waals surface area contributed by atoms with E-state index in [-0.39, 0.29) is 5.41 Å². The van der Waals surface area contributed by atoms with Gasteiger partial charge in [-0.2, -0.15) is 5.26 Å². The van der Waals surface area contributed by atoms with Crippen LogP contribution in [0.15, 0.2) is 0 Å². The molecule has 0 saturated heterocycles. The molecule has 13 heavy (non-hydrogen) atoms.